The van der Waals surface area contributed by atoms with E-state index < -0.39 is 5.97 Å². The van der Waals surface area contributed by atoms with Crippen molar-refractivity contribution in [3.05, 3.63) is 70.4 Å². The minimum Gasteiger partial charge on any atom is -0.452 e. The number of esters is 1. The first-order valence-corrected chi connectivity index (χ1v) is 12.1. The van der Waals surface area contributed by atoms with Crippen LogP contribution in [0.3, 0.4) is 0 Å². The maximum Gasteiger partial charge on any atom is 0.339 e. The molecule has 1 aliphatic rings. The van der Waals surface area contributed by atoms with Crippen molar-refractivity contribution in [2.45, 2.75) is 60.3 Å². The first-order chi connectivity index (χ1) is 16.2. The summed E-state index contributed by atoms with van der Waals surface area (Å²) in [4.78, 5) is 30.9. The zero-order chi connectivity index (χ0) is 24.5. The third-order valence-corrected chi connectivity index (χ3v) is 7.48. The molecule has 178 valence electrons. The van der Waals surface area contributed by atoms with Crippen molar-refractivity contribution >= 4 is 28.5 Å². The van der Waals surface area contributed by atoms with Crippen LogP contribution in [0.2, 0.25) is 0 Å². The highest BCUT2D eigenvalue weighted by atomic mass is 16.5. The van der Waals surface area contributed by atoms with Crippen LogP contribution in [0.5, 0.6) is 0 Å². The van der Waals surface area contributed by atoms with Gasteiger partial charge in [-0.1, -0.05) is 57.5 Å². The third kappa shape index (κ3) is 4.84. The van der Waals surface area contributed by atoms with Crippen molar-refractivity contribution in [1.29, 1.82) is 0 Å². The molecule has 1 aliphatic carbocycles. The van der Waals surface area contributed by atoms with Gasteiger partial charge in [0.05, 0.1) is 11.1 Å². The second-order valence-electron chi connectivity index (χ2n) is 10.2. The molecule has 0 bridgehead atoms. The summed E-state index contributed by atoms with van der Waals surface area (Å²) < 4.78 is 5.57. The van der Waals surface area contributed by atoms with Gasteiger partial charge >= 0.3 is 5.97 Å². The summed E-state index contributed by atoms with van der Waals surface area (Å²) in [6, 6.07) is 13.6. The number of benzene rings is 2. The van der Waals surface area contributed by atoms with E-state index in [1.807, 2.05) is 56.3 Å². The SMILES string of the molecule is CCC(C)(C)C1CCc2nc3ccccc3c(C(=O)OCC(=O)Nc3cc(C)ccc3C)c2C1. The van der Waals surface area contributed by atoms with Gasteiger partial charge in [-0.05, 0) is 73.3 Å². The molecule has 3 aromatic rings. The van der Waals surface area contributed by atoms with Crippen molar-refractivity contribution in [3.8, 4) is 0 Å². The largest absolute Gasteiger partial charge is 0.452 e. The van der Waals surface area contributed by atoms with Crippen molar-refractivity contribution < 1.29 is 14.3 Å². The third-order valence-electron chi connectivity index (χ3n) is 7.48. The lowest BCUT2D eigenvalue weighted by Crippen LogP contribution is -2.31. The lowest BCUT2D eigenvalue weighted by atomic mass is 9.68. The Hall–Kier alpha value is -3.21. The lowest BCUT2D eigenvalue weighted by molar-refractivity contribution is -0.119. The second-order valence-corrected chi connectivity index (χ2v) is 10.2. The topological polar surface area (TPSA) is 68.3 Å². The molecule has 1 heterocycles. The normalized spacial score (nSPS) is 15.6. The molecule has 0 fully saturated rings. The monoisotopic (exact) mass is 458 g/mol. The molecular formula is C29H34N2O3. The van der Waals surface area contributed by atoms with Crippen LogP contribution in [0.25, 0.3) is 10.9 Å². The number of nitrogens with one attached hydrogen (secondary N) is 1. The predicted molar refractivity (Wildman–Crippen MR) is 136 cm³/mol. The second kappa shape index (κ2) is 9.57. The highest BCUT2D eigenvalue weighted by molar-refractivity contribution is 6.06. The molecule has 2 aromatic carbocycles. The van der Waals surface area contributed by atoms with Gasteiger partial charge in [0.25, 0.3) is 5.91 Å². The van der Waals surface area contributed by atoms with Crippen LogP contribution in [0.1, 0.15) is 66.4 Å². The fraction of sp³-hybridized carbons (Fsp3) is 0.414. The fourth-order valence-corrected chi connectivity index (χ4v) is 4.84. The van der Waals surface area contributed by atoms with E-state index in [0.717, 1.165) is 64.7 Å². The zero-order valence-corrected chi connectivity index (χ0v) is 20.8. The summed E-state index contributed by atoms with van der Waals surface area (Å²) in [6.45, 7) is 10.4. The number of carbonyl (C=O) groups excluding carboxylic acids is 2. The number of ether oxygens (including phenoxy) is 1. The maximum absolute atomic E-state index is 13.4. The molecule has 1 N–H and O–H groups in total. The number of nitrogens with zero attached hydrogens (tertiary/aromatic N) is 1. The van der Waals surface area contributed by atoms with E-state index in [-0.39, 0.29) is 17.9 Å². The number of pyridine rings is 1. The average Bonchev–Trinajstić information content (AvgIpc) is 2.82. The summed E-state index contributed by atoms with van der Waals surface area (Å²) in [5, 5.41) is 3.65. The van der Waals surface area contributed by atoms with E-state index in [4.69, 9.17) is 9.72 Å². The summed E-state index contributed by atoms with van der Waals surface area (Å²) >= 11 is 0. The molecule has 4 rings (SSSR count). The number of aromatic nitrogens is 1. The summed E-state index contributed by atoms with van der Waals surface area (Å²) in [6.07, 6.45) is 3.78. The quantitative estimate of drug-likeness (QED) is 0.447. The first-order valence-electron chi connectivity index (χ1n) is 12.1. The smallest absolute Gasteiger partial charge is 0.339 e. The van der Waals surface area contributed by atoms with E-state index in [2.05, 4.69) is 26.1 Å². The minimum atomic E-state index is -0.457. The van der Waals surface area contributed by atoms with Gasteiger partial charge in [-0.3, -0.25) is 9.78 Å². The Morgan fingerprint density at radius 1 is 1.15 bits per heavy atom. The Morgan fingerprint density at radius 2 is 1.91 bits per heavy atom. The number of aryl methyl sites for hydroxylation is 3. The van der Waals surface area contributed by atoms with E-state index in [1.54, 1.807) is 0 Å². The maximum atomic E-state index is 13.4. The average molecular weight is 459 g/mol. The Balaban J connectivity index is 1.60. The van der Waals surface area contributed by atoms with Crippen molar-refractivity contribution in [1.82, 2.24) is 4.98 Å². The molecule has 1 aromatic heterocycles. The number of rotatable bonds is 6. The number of amides is 1. The Morgan fingerprint density at radius 3 is 2.68 bits per heavy atom. The van der Waals surface area contributed by atoms with Crippen LogP contribution in [0.4, 0.5) is 5.69 Å². The molecular weight excluding hydrogens is 424 g/mol. The standard InChI is InChI=1S/C29H34N2O3/c1-6-29(4,5)20-13-14-24-22(16-20)27(21-9-7-8-10-23(21)30-24)28(33)34-17-26(32)31-25-15-18(2)11-12-19(25)3/h7-12,15,20H,6,13-14,16-17H2,1-5H3,(H,31,32). The molecule has 34 heavy (non-hydrogen) atoms. The molecule has 1 unspecified atom stereocenters. The van der Waals surface area contributed by atoms with Crippen molar-refractivity contribution in [2.75, 3.05) is 11.9 Å². The van der Waals surface area contributed by atoms with Crippen LogP contribution in [0, 0.1) is 25.2 Å². The molecule has 0 spiro atoms. The molecule has 0 radical (unpaired) electrons. The molecule has 1 amide bonds. The number of fused-ring (bicyclic) bond motifs is 2. The first kappa shape index (κ1) is 23.9. The van der Waals surface area contributed by atoms with Gasteiger partial charge in [0, 0.05) is 16.8 Å². The van der Waals surface area contributed by atoms with Crippen LogP contribution in [-0.2, 0) is 22.4 Å². The fourth-order valence-electron chi connectivity index (χ4n) is 4.84. The predicted octanol–water partition coefficient (Wildman–Crippen LogP) is 6.19. The van der Waals surface area contributed by atoms with Gasteiger partial charge in [0.15, 0.2) is 6.61 Å². The molecule has 0 aliphatic heterocycles. The van der Waals surface area contributed by atoms with Crippen molar-refractivity contribution in [2.24, 2.45) is 11.3 Å². The van der Waals surface area contributed by atoms with E-state index in [0.29, 0.717) is 11.5 Å². The summed E-state index contributed by atoms with van der Waals surface area (Å²) in [7, 11) is 0. The molecule has 5 heteroatoms. The van der Waals surface area contributed by atoms with Gasteiger partial charge in [0.2, 0.25) is 0 Å². The number of carbonyl (C=O) groups is 2. The lowest BCUT2D eigenvalue weighted by Gasteiger charge is -2.37. The minimum absolute atomic E-state index is 0.177. The van der Waals surface area contributed by atoms with Gasteiger partial charge in [0.1, 0.15) is 0 Å². The highest BCUT2D eigenvalue weighted by Crippen LogP contribution is 2.41. The molecule has 0 saturated carbocycles. The zero-order valence-electron chi connectivity index (χ0n) is 20.8. The molecule has 1 atom stereocenters. The van der Waals surface area contributed by atoms with E-state index >= 15 is 0 Å². The van der Waals surface area contributed by atoms with Crippen LogP contribution >= 0.6 is 0 Å². The number of anilines is 1. The Bertz CT molecular complexity index is 1250. The van der Waals surface area contributed by atoms with E-state index in [1.165, 1.54) is 0 Å². The Labute approximate surface area is 201 Å². The van der Waals surface area contributed by atoms with Gasteiger partial charge in [-0.2, -0.15) is 0 Å². The molecule has 0 saturated heterocycles. The highest BCUT2D eigenvalue weighted by Gasteiger charge is 2.34. The number of hydrogen-bond donors (Lipinski definition) is 1. The van der Waals surface area contributed by atoms with Gasteiger partial charge < -0.3 is 10.1 Å². The summed E-state index contributed by atoms with van der Waals surface area (Å²) in [5.74, 6) is -0.340. The van der Waals surface area contributed by atoms with Crippen LogP contribution in [-0.4, -0.2) is 23.5 Å². The number of para-hydroxylation sites is 1. The Kier molecular flexibility index (Phi) is 6.74. The van der Waals surface area contributed by atoms with Crippen LogP contribution < -0.4 is 5.32 Å². The summed E-state index contributed by atoms with van der Waals surface area (Å²) in [5.41, 5.74) is 6.25. The van der Waals surface area contributed by atoms with Crippen molar-refractivity contribution in [3.63, 3.8) is 0 Å². The molecule has 5 nitrogen and oxygen atoms in total. The van der Waals surface area contributed by atoms with Gasteiger partial charge in [-0.25, -0.2) is 4.79 Å². The van der Waals surface area contributed by atoms with Crippen LogP contribution in [0.15, 0.2) is 42.5 Å². The number of hydrogen-bond acceptors (Lipinski definition) is 4. The van der Waals surface area contributed by atoms with E-state index in [9.17, 15) is 9.59 Å². The van der Waals surface area contributed by atoms with Gasteiger partial charge in [-0.15, -0.1) is 0 Å².